The van der Waals surface area contributed by atoms with Gasteiger partial charge in [0.1, 0.15) is 5.82 Å². The van der Waals surface area contributed by atoms with E-state index in [0.29, 0.717) is 0 Å². The Morgan fingerprint density at radius 1 is 1.04 bits per heavy atom. The van der Waals surface area contributed by atoms with Crippen molar-refractivity contribution in [2.75, 3.05) is 33.2 Å². The highest BCUT2D eigenvalue weighted by Crippen LogP contribution is 2.40. The first-order valence-corrected chi connectivity index (χ1v) is 8.74. The summed E-state index contributed by atoms with van der Waals surface area (Å²) in [6, 6.07) is 9.40. The van der Waals surface area contributed by atoms with Gasteiger partial charge in [-0.15, -0.1) is 0 Å². The fourth-order valence-electron chi connectivity index (χ4n) is 3.17. The van der Waals surface area contributed by atoms with Gasteiger partial charge in [-0.25, -0.2) is 4.39 Å². The molecule has 0 aliphatic carbocycles. The number of piperazine rings is 1. The summed E-state index contributed by atoms with van der Waals surface area (Å²) in [5, 5.41) is 1.18. The van der Waals surface area contributed by atoms with Gasteiger partial charge in [0, 0.05) is 48.5 Å². The van der Waals surface area contributed by atoms with Crippen LogP contribution in [0.15, 0.2) is 40.3 Å². The molecule has 2 aliphatic heterocycles. The van der Waals surface area contributed by atoms with Crippen LogP contribution in [0.3, 0.4) is 0 Å². The van der Waals surface area contributed by atoms with Crippen molar-refractivity contribution in [1.82, 2.24) is 14.4 Å². The maximum Gasteiger partial charge on any atom is 0.123 e. The highest BCUT2D eigenvalue weighted by atomic mass is 32.2. The van der Waals surface area contributed by atoms with Crippen molar-refractivity contribution in [1.29, 1.82) is 0 Å². The van der Waals surface area contributed by atoms with E-state index in [1.807, 2.05) is 6.07 Å². The second-order valence-corrected chi connectivity index (χ2v) is 7.29. The van der Waals surface area contributed by atoms with E-state index in [9.17, 15) is 4.39 Å². The van der Waals surface area contributed by atoms with Crippen molar-refractivity contribution in [3.8, 4) is 0 Å². The molecule has 0 saturated carbocycles. The SMILES string of the molecule is Cc1ccc2n1C=C(N1CCN(C)CC1)c1cc(F)ccc1S2. The molecule has 1 aromatic heterocycles. The molecule has 0 unspecified atom stereocenters. The third-order valence-electron chi connectivity index (χ3n) is 4.61. The van der Waals surface area contributed by atoms with Gasteiger partial charge in [0.15, 0.2) is 0 Å². The number of rotatable bonds is 1. The van der Waals surface area contributed by atoms with Crippen LogP contribution in [0, 0.1) is 12.7 Å². The average Bonchev–Trinajstić information content (AvgIpc) is 2.79. The lowest BCUT2D eigenvalue weighted by molar-refractivity contribution is 0.207. The van der Waals surface area contributed by atoms with Crippen molar-refractivity contribution in [3.63, 3.8) is 0 Å². The van der Waals surface area contributed by atoms with Crippen LogP contribution in [0.4, 0.5) is 4.39 Å². The number of fused-ring (bicyclic) bond motifs is 2. The van der Waals surface area contributed by atoms with E-state index in [1.54, 1.807) is 23.9 Å². The molecule has 4 rings (SSSR count). The minimum absolute atomic E-state index is 0.173. The Kier molecular flexibility index (Phi) is 3.70. The number of nitrogens with zero attached hydrogens (tertiary/aromatic N) is 3. The number of likely N-dealkylation sites (N-methyl/N-ethyl adjacent to an activating group) is 1. The van der Waals surface area contributed by atoms with Crippen molar-refractivity contribution >= 4 is 23.7 Å². The Bertz CT molecular complexity index is 773. The Morgan fingerprint density at radius 2 is 1.83 bits per heavy atom. The minimum atomic E-state index is -0.173. The van der Waals surface area contributed by atoms with Gasteiger partial charge < -0.3 is 14.4 Å². The van der Waals surface area contributed by atoms with Crippen molar-refractivity contribution in [3.05, 3.63) is 47.4 Å². The molecular formula is C18H20FN3S. The van der Waals surface area contributed by atoms with Crippen molar-refractivity contribution in [2.45, 2.75) is 16.8 Å². The molecule has 0 spiro atoms. The van der Waals surface area contributed by atoms with Crippen LogP contribution in [-0.4, -0.2) is 47.6 Å². The van der Waals surface area contributed by atoms with Crippen molar-refractivity contribution in [2.24, 2.45) is 0 Å². The Morgan fingerprint density at radius 3 is 2.61 bits per heavy atom. The standard InChI is InChI=1S/C18H20FN3S/c1-13-3-6-18-22(13)12-16(21-9-7-20(2)8-10-21)15-11-14(19)4-5-17(15)23-18/h3-6,11-12H,7-10H2,1-2H3. The van der Waals surface area contributed by atoms with Crippen LogP contribution in [0.5, 0.6) is 0 Å². The summed E-state index contributed by atoms with van der Waals surface area (Å²) in [6.45, 7) is 6.12. The van der Waals surface area contributed by atoms with E-state index in [-0.39, 0.29) is 5.82 Å². The third kappa shape index (κ3) is 2.68. The predicted octanol–water partition coefficient (Wildman–Crippen LogP) is 3.60. The van der Waals surface area contributed by atoms with Crippen LogP contribution in [0.2, 0.25) is 0 Å². The van der Waals surface area contributed by atoms with Crippen LogP contribution < -0.4 is 0 Å². The Hall–Kier alpha value is -1.72. The smallest absolute Gasteiger partial charge is 0.123 e. The zero-order valence-electron chi connectivity index (χ0n) is 13.4. The van der Waals surface area contributed by atoms with E-state index in [2.05, 4.69) is 46.7 Å². The molecule has 0 radical (unpaired) electrons. The zero-order chi connectivity index (χ0) is 16.0. The minimum Gasteiger partial charge on any atom is -0.367 e. The first kappa shape index (κ1) is 14.8. The van der Waals surface area contributed by atoms with Gasteiger partial charge in [-0.1, -0.05) is 11.8 Å². The lowest BCUT2D eigenvalue weighted by Crippen LogP contribution is -2.43. The molecule has 1 fully saturated rings. The summed E-state index contributed by atoms with van der Waals surface area (Å²) in [5.74, 6) is -0.173. The van der Waals surface area contributed by atoms with Gasteiger partial charge in [-0.05, 0) is 44.3 Å². The highest BCUT2D eigenvalue weighted by Gasteiger charge is 2.23. The van der Waals surface area contributed by atoms with Gasteiger partial charge in [-0.2, -0.15) is 0 Å². The summed E-state index contributed by atoms with van der Waals surface area (Å²) >= 11 is 1.71. The maximum atomic E-state index is 13.9. The monoisotopic (exact) mass is 329 g/mol. The largest absolute Gasteiger partial charge is 0.367 e. The molecule has 120 valence electrons. The lowest BCUT2D eigenvalue weighted by Gasteiger charge is -2.35. The number of aryl methyl sites for hydroxylation is 1. The molecule has 1 saturated heterocycles. The molecule has 23 heavy (non-hydrogen) atoms. The van der Waals surface area contributed by atoms with Crippen LogP contribution in [0.1, 0.15) is 11.3 Å². The summed E-state index contributed by atoms with van der Waals surface area (Å²) in [4.78, 5) is 5.84. The van der Waals surface area contributed by atoms with Gasteiger partial charge in [0.25, 0.3) is 0 Å². The quantitative estimate of drug-likeness (QED) is 0.792. The first-order valence-electron chi connectivity index (χ1n) is 7.93. The molecule has 1 aromatic carbocycles. The number of aromatic nitrogens is 1. The molecule has 3 nitrogen and oxygen atoms in total. The molecule has 0 amide bonds. The molecule has 2 aromatic rings. The van der Waals surface area contributed by atoms with E-state index in [0.717, 1.165) is 42.3 Å². The fourth-order valence-corrected chi connectivity index (χ4v) is 4.24. The first-order chi connectivity index (χ1) is 11.1. The average molecular weight is 329 g/mol. The topological polar surface area (TPSA) is 11.4 Å². The van der Waals surface area contributed by atoms with Gasteiger partial charge >= 0.3 is 0 Å². The van der Waals surface area contributed by atoms with E-state index >= 15 is 0 Å². The van der Waals surface area contributed by atoms with E-state index < -0.39 is 0 Å². The van der Waals surface area contributed by atoms with Crippen LogP contribution in [0.25, 0.3) is 11.9 Å². The second-order valence-electron chi connectivity index (χ2n) is 6.23. The molecule has 5 heteroatoms. The third-order valence-corrected chi connectivity index (χ3v) is 5.73. The normalized spacial score (nSPS) is 18.2. The van der Waals surface area contributed by atoms with E-state index in [1.165, 1.54) is 10.7 Å². The van der Waals surface area contributed by atoms with Crippen LogP contribution in [-0.2, 0) is 0 Å². The Balaban J connectivity index is 1.85. The van der Waals surface area contributed by atoms with Crippen LogP contribution >= 0.6 is 11.8 Å². The molecule has 0 bridgehead atoms. The maximum absolute atomic E-state index is 13.9. The fraction of sp³-hybridized carbons (Fsp3) is 0.333. The molecule has 3 heterocycles. The molecule has 0 N–H and O–H groups in total. The molecular weight excluding hydrogens is 309 g/mol. The van der Waals surface area contributed by atoms with Gasteiger partial charge in [0.2, 0.25) is 0 Å². The summed E-state index contributed by atoms with van der Waals surface area (Å²) in [7, 11) is 2.15. The number of benzene rings is 1. The van der Waals surface area contributed by atoms with Gasteiger partial charge in [0.05, 0.1) is 10.7 Å². The van der Waals surface area contributed by atoms with Gasteiger partial charge in [-0.3, -0.25) is 0 Å². The highest BCUT2D eigenvalue weighted by molar-refractivity contribution is 7.99. The Labute approximate surface area is 140 Å². The number of hydrogen-bond acceptors (Lipinski definition) is 3. The molecule has 2 aliphatic rings. The number of hydrogen-bond donors (Lipinski definition) is 0. The van der Waals surface area contributed by atoms with Crippen molar-refractivity contribution < 1.29 is 4.39 Å². The lowest BCUT2D eigenvalue weighted by atomic mass is 10.1. The zero-order valence-corrected chi connectivity index (χ0v) is 14.2. The number of halogens is 1. The summed E-state index contributed by atoms with van der Waals surface area (Å²) in [6.07, 6.45) is 2.17. The van der Waals surface area contributed by atoms with E-state index in [4.69, 9.17) is 0 Å². The summed E-state index contributed by atoms with van der Waals surface area (Å²) < 4.78 is 16.1. The summed E-state index contributed by atoms with van der Waals surface area (Å²) in [5.41, 5.74) is 3.33. The predicted molar refractivity (Wildman–Crippen MR) is 92.9 cm³/mol. The second kappa shape index (κ2) is 5.73. The molecule has 0 atom stereocenters.